The maximum atomic E-state index is 9.56. The summed E-state index contributed by atoms with van der Waals surface area (Å²) in [7, 11) is -0.844. The molecule has 0 saturated heterocycles. The van der Waals surface area contributed by atoms with E-state index in [1.165, 1.54) is 0 Å². The van der Waals surface area contributed by atoms with Gasteiger partial charge in [-0.3, -0.25) is 0 Å². The largest absolute Gasteiger partial charge is 0.492 e. The van der Waals surface area contributed by atoms with E-state index in [-0.39, 0.29) is 0 Å². The Labute approximate surface area is 82.6 Å². The highest BCUT2D eigenvalue weighted by Crippen LogP contribution is 2.30. The Kier molecular flexibility index (Phi) is 1.91. The maximum absolute atomic E-state index is 9.56. The van der Waals surface area contributed by atoms with Gasteiger partial charge in [0.1, 0.15) is 0 Å². The molecule has 0 aliphatic carbocycles. The summed E-state index contributed by atoms with van der Waals surface area (Å²) in [5.74, 6) is 0. The lowest BCUT2D eigenvalue weighted by Crippen LogP contribution is -2.28. The molecule has 1 aliphatic rings. The minimum Gasteiger partial charge on any atom is -0.423 e. The average molecular weight is 196 g/mol. The normalized spacial score (nSPS) is 18.9. The molecule has 0 amide bonds. The van der Waals surface area contributed by atoms with Crippen molar-refractivity contribution in [1.29, 1.82) is 0 Å². The van der Waals surface area contributed by atoms with E-state index in [4.69, 9.17) is 16.3 Å². The molecule has 1 aliphatic heterocycles. The molecule has 0 unspecified atom stereocenters. The summed E-state index contributed by atoms with van der Waals surface area (Å²) in [4.78, 5) is 0. The fraction of sp³-hybridized carbons (Fsp3) is 0.333. The van der Waals surface area contributed by atoms with Crippen LogP contribution in [-0.2, 0) is 10.3 Å². The van der Waals surface area contributed by atoms with Crippen molar-refractivity contribution >= 4 is 24.2 Å². The number of halogens is 1. The molecule has 4 heteroatoms. The standard InChI is InChI=1S/C9H10BClO2/c1-9(2)7-4-3-6(11)5-8(7)10(12)13-9/h3-5,12H,1-2H3. The third-order valence-electron chi connectivity index (χ3n) is 2.33. The van der Waals surface area contributed by atoms with Crippen molar-refractivity contribution in [3.8, 4) is 0 Å². The van der Waals surface area contributed by atoms with E-state index in [0.717, 1.165) is 11.0 Å². The van der Waals surface area contributed by atoms with Gasteiger partial charge in [-0.1, -0.05) is 17.7 Å². The van der Waals surface area contributed by atoms with E-state index < -0.39 is 12.7 Å². The van der Waals surface area contributed by atoms with Crippen LogP contribution in [0.1, 0.15) is 19.4 Å². The Balaban J connectivity index is 2.59. The van der Waals surface area contributed by atoms with E-state index in [1.54, 1.807) is 6.07 Å². The van der Waals surface area contributed by atoms with Crippen molar-refractivity contribution < 1.29 is 9.68 Å². The molecule has 1 heterocycles. The molecule has 0 atom stereocenters. The van der Waals surface area contributed by atoms with Crippen LogP contribution >= 0.6 is 11.6 Å². The minimum absolute atomic E-state index is 0.417. The van der Waals surface area contributed by atoms with Gasteiger partial charge in [0.15, 0.2) is 0 Å². The van der Waals surface area contributed by atoms with E-state index in [9.17, 15) is 5.02 Å². The maximum Gasteiger partial charge on any atom is 0.492 e. The molecule has 1 aromatic rings. The van der Waals surface area contributed by atoms with Gasteiger partial charge in [0.25, 0.3) is 0 Å². The first-order valence-electron chi connectivity index (χ1n) is 4.16. The van der Waals surface area contributed by atoms with Gasteiger partial charge in [-0.2, -0.15) is 0 Å². The first-order chi connectivity index (χ1) is 6.00. The summed E-state index contributed by atoms with van der Waals surface area (Å²) in [5.41, 5.74) is 1.36. The van der Waals surface area contributed by atoms with Crippen molar-refractivity contribution in [2.45, 2.75) is 19.4 Å². The molecule has 68 valence electrons. The monoisotopic (exact) mass is 196 g/mol. The second-order valence-electron chi connectivity index (χ2n) is 3.71. The second-order valence-corrected chi connectivity index (χ2v) is 4.15. The Bertz CT molecular complexity index is 351. The van der Waals surface area contributed by atoms with Gasteiger partial charge in [-0.05, 0) is 37.0 Å². The molecule has 2 rings (SSSR count). The lowest BCUT2D eigenvalue weighted by Gasteiger charge is -2.19. The Hall–Kier alpha value is -0.505. The quantitative estimate of drug-likeness (QED) is 0.634. The van der Waals surface area contributed by atoms with Gasteiger partial charge in [0.05, 0.1) is 5.60 Å². The number of benzene rings is 1. The highest BCUT2D eigenvalue weighted by atomic mass is 35.5. The molecule has 0 bridgehead atoms. The zero-order valence-corrected chi connectivity index (χ0v) is 8.30. The van der Waals surface area contributed by atoms with Gasteiger partial charge >= 0.3 is 7.12 Å². The molecule has 0 spiro atoms. The topological polar surface area (TPSA) is 29.5 Å². The van der Waals surface area contributed by atoms with E-state index in [0.29, 0.717) is 5.02 Å². The Morgan fingerprint density at radius 3 is 2.85 bits per heavy atom. The molecule has 1 aromatic carbocycles. The van der Waals surface area contributed by atoms with Gasteiger partial charge in [0.2, 0.25) is 0 Å². The van der Waals surface area contributed by atoms with Gasteiger partial charge in [0, 0.05) is 5.02 Å². The van der Waals surface area contributed by atoms with Crippen LogP contribution < -0.4 is 5.46 Å². The first-order valence-corrected chi connectivity index (χ1v) is 4.54. The molecule has 0 fully saturated rings. The summed E-state index contributed by atoms with van der Waals surface area (Å²) < 4.78 is 5.37. The number of hydrogen-bond acceptors (Lipinski definition) is 2. The Morgan fingerprint density at radius 2 is 2.15 bits per heavy atom. The molecule has 0 radical (unpaired) electrons. The van der Waals surface area contributed by atoms with E-state index in [1.807, 2.05) is 26.0 Å². The van der Waals surface area contributed by atoms with Crippen molar-refractivity contribution in [3.63, 3.8) is 0 Å². The van der Waals surface area contributed by atoms with Crippen molar-refractivity contribution in [2.75, 3.05) is 0 Å². The molecular formula is C9H10BClO2. The highest BCUT2D eigenvalue weighted by Gasteiger charge is 2.40. The number of fused-ring (bicyclic) bond motifs is 1. The first kappa shape index (κ1) is 9.07. The van der Waals surface area contributed by atoms with Crippen LogP contribution in [0.5, 0.6) is 0 Å². The predicted octanol–water partition coefficient (Wildman–Crippen LogP) is 1.29. The molecule has 2 nitrogen and oxygen atoms in total. The zero-order valence-electron chi connectivity index (χ0n) is 7.54. The fourth-order valence-electron chi connectivity index (χ4n) is 1.69. The van der Waals surface area contributed by atoms with E-state index in [2.05, 4.69) is 0 Å². The summed E-state index contributed by atoms with van der Waals surface area (Å²) in [6.07, 6.45) is 0. The highest BCUT2D eigenvalue weighted by molar-refractivity contribution is 6.62. The van der Waals surface area contributed by atoms with Gasteiger partial charge in [-0.15, -0.1) is 0 Å². The predicted molar refractivity (Wildman–Crippen MR) is 53.2 cm³/mol. The summed E-state index contributed by atoms with van der Waals surface area (Å²) >= 11 is 5.82. The summed E-state index contributed by atoms with van der Waals surface area (Å²) in [6.45, 7) is 3.85. The van der Waals surface area contributed by atoms with Crippen LogP contribution in [0.4, 0.5) is 0 Å². The summed E-state index contributed by atoms with van der Waals surface area (Å²) in [6, 6.07) is 5.45. The van der Waals surface area contributed by atoms with Gasteiger partial charge < -0.3 is 9.68 Å². The van der Waals surface area contributed by atoms with Crippen molar-refractivity contribution in [2.24, 2.45) is 0 Å². The number of rotatable bonds is 0. The van der Waals surface area contributed by atoms with Crippen LogP contribution in [0.25, 0.3) is 0 Å². The SMILES string of the molecule is CC1(C)OB(O)c2cc(Cl)ccc21. The zero-order chi connectivity index (χ0) is 9.64. The van der Waals surface area contributed by atoms with Crippen LogP contribution in [-0.4, -0.2) is 12.1 Å². The molecule has 0 saturated carbocycles. The van der Waals surface area contributed by atoms with Crippen LogP contribution in [0.2, 0.25) is 5.02 Å². The lowest BCUT2D eigenvalue weighted by atomic mass is 9.78. The fourth-order valence-corrected chi connectivity index (χ4v) is 1.87. The van der Waals surface area contributed by atoms with Crippen molar-refractivity contribution in [3.05, 3.63) is 28.8 Å². The molecule has 1 N–H and O–H groups in total. The van der Waals surface area contributed by atoms with Gasteiger partial charge in [-0.25, -0.2) is 0 Å². The number of hydrogen-bond donors (Lipinski definition) is 1. The lowest BCUT2D eigenvalue weighted by molar-refractivity contribution is 0.101. The van der Waals surface area contributed by atoms with Crippen LogP contribution in [0, 0.1) is 0 Å². The van der Waals surface area contributed by atoms with Crippen molar-refractivity contribution in [1.82, 2.24) is 0 Å². The molecule has 0 aromatic heterocycles. The molecular weight excluding hydrogens is 186 g/mol. The second kappa shape index (κ2) is 2.74. The van der Waals surface area contributed by atoms with Crippen LogP contribution in [0.15, 0.2) is 18.2 Å². The van der Waals surface area contributed by atoms with Crippen LogP contribution in [0.3, 0.4) is 0 Å². The third-order valence-corrected chi connectivity index (χ3v) is 2.57. The minimum atomic E-state index is -0.844. The smallest absolute Gasteiger partial charge is 0.423 e. The third kappa shape index (κ3) is 1.37. The van der Waals surface area contributed by atoms with E-state index >= 15 is 0 Å². The molecule has 13 heavy (non-hydrogen) atoms. The Morgan fingerprint density at radius 1 is 1.46 bits per heavy atom. The average Bonchev–Trinajstić information content (AvgIpc) is 2.22. The summed E-state index contributed by atoms with van der Waals surface area (Å²) in [5, 5.41) is 10.2.